The van der Waals surface area contributed by atoms with E-state index in [0.717, 1.165) is 9.80 Å². The zero-order chi connectivity index (χ0) is 21.4. The van der Waals surface area contributed by atoms with E-state index in [4.69, 9.17) is 9.47 Å². The molecule has 0 aromatic rings. The van der Waals surface area contributed by atoms with E-state index in [9.17, 15) is 14.4 Å². The minimum Gasteiger partial charge on any atom is -0.458 e. The SMILES string of the molecule is CC(C)[C@@H](C(=O)OC(C)(C)C)N(C)C(=O)C1(F)CN(C(=O)OC(C)(C)C)C1. The van der Waals surface area contributed by atoms with E-state index in [1.807, 2.05) is 0 Å². The van der Waals surface area contributed by atoms with E-state index in [0.29, 0.717) is 0 Å². The number of ether oxygens (including phenoxy) is 2. The molecule has 0 aromatic heterocycles. The number of esters is 1. The molecular weight excluding hydrogens is 355 g/mol. The van der Waals surface area contributed by atoms with Crippen molar-refractivity contribution in [1.82, 2.24) is 9.80 Å². The van der Waals surface area contributed by atoms with Crippen molar-refractivity contribution in [3.8, 4) is 0 Å². The fraction of sp³-hybridized carbons (Fsp3) is 0.842. The van der Waals surface area contributed by atoms with Crippen molar-refractivity contribution < 1.29 is 28.2 Å². The number of alkyl halides is 1. The Bertz CT molecular complexity index is 586. The molecule has 1 rings (SSSR count). The molecule has 0 N–H and O–H groups in total. The molecule has 1 heterocycles. The van der Waals surface area contributed by atoms with Crippen molar-refractivity contribution in [3.05, 3.63) is 0 Å². The third-order valence-electron chi connectivity index (χ3n) is 3.94. The van der Waals surface area contributed by atoms with E-state index in [-0.39, 0.29) is 5.92 Å². The molecule has 0 aromatic carbocycles. The van der Waals surface area contributed by atoms with Crippen molar-refractivity contribution in [2.45, 2.75) is 78.3 Å². The molecule has 0 unspecified atom stereocenters. The summed E-state index contributed by atoms with van der Waals surface area (Å²) in [6, 6.07) is -0.917. The van der Waals surface area contributed by atoms with Gasteiger partial charge in [0.25, 0.3) is 5.91 Å². The summed E-state index contributed by atoms with van der Waals surface area (Å²) in [4.78, 5) is 39.4. The first-order valence-electron chi connectivity index (χ1n) is 9.14. The zero-order valence-corrected chi connectivity index (χ0v) is 17.9. The van der Waals surface area contributed by atoms with Crippen LogP contribution < -0.4 is 0 Å². The summed E-state index contributed by atoms with van der Waals surface area (Å²) in [5.74, 6) is -1.69. The van der Waals surface area contributed by atoms with Gasteiger partial charge >= 0.3 is 12.1 Å². The first-order valence-corrected chi connectivity index (χ1v) is 9.14. The lowest BCUT2D eigenvalue weighted by Gasteiger charge is -2.45. The Hall–Kier alpha value is -1.86. The van der Waals surface area contributed by atoms with Crippen LogP contribution >= 0.6 is 0 Å². The first-order chi connectivity index (χ1) is 12.0. The highest BCUT2D eigenvalue weighted by atomic mass is 19.1. The number of likely N-dealkylation sites (N-methyl/N-ethyl adjacent to an activating group) is 1. The van der Waals surface area contributed by atoms with Crippen LogP contribution in [0.5, 0.6) is 0 Å². The molecule has 0 radical (unpaired) electrons. The van der Waals surface area contributed by atoms with E-state index in [1.165, 1.54) is 7.05 Å². The predicted molar refractivity (Wildman–Crippen MR) is 98.9 cm³/mol. The Balaban J connectivity index is 2.82. The second-order valence-electron chi connectivity index (χ2n) is 9.44. The van der Waals surface area contributed by atoms with Crippen LogP contribution in [0, 0.1) is 5.92 Å². The van der Waals surface area contributed by atoms with Crippen LogP contribution in [0.1, 0.15) is 55.4 Å². The van der Waals surface area contributed by atoms with Gasteiger partial charge in [0.2, 0.25) is 5.67 Å². The Morgan fingerprint density at radius 2 is 1.44 bits per heavy atom. The number of hydrogen-bond donors (Lipinski definition) is 0. The van der Waals surface area contributed by atoms with Crippen molar-refractivity contribution in [3.63, 3.8) is 0 Å². The second-order valence-corrected chi connectivity index (χ2v) is 9.44. The molecule has 2 amide bonds. The van der Waals surface area contributed by atoms with Gasteiger partial charge in [0.05, 0.1) is 13.1 Å². The lowest BCUT2D eigenvalue weighted by Crippen LogP contribution is -2.69. The Kier molecular flexibility index (Phi) is 6.56. The maximum absolute atomic E-state index is 15.0. The fourth-order valence-corrected chi connectivity index (χ4v) is 2.83. The zero-order valence-electron chi connectivity index (χ0n) is 17.9. The molecule has 27 heavy (non-hydrogen) atoms. The maximum Gasteiger partial charge on any atom is 0.410 e. The van der Waals surface area contributed by atoms with Gasteiger partial charge in [-0.05, 0) is 47.5 Å². The topological polar surface area (TPSA) is 76.2 Å². The molecule has 0 spiro atoms. The molecule has 1 fully saturated rings. The van der Waals surface area contributed by atoms with Crippen molar-refractivity contribution in [1.29, 1.82) is 0 Å². The van der Waals surface area contributed by atoms with E-state index < -0.39 is 54.0 Å². The van der Waals surface area contributed by atoms with Gasteiger partial charge in [-0.15, -0.1) is 0 Å². The standard InChI is InChI=1S/C19H33FN2O5/c1-12(2)13(14(23)26-17(3,4)5)21(9)15(24)19(20)10-22(11-19)16(25)27-18(6,7)8/h12-13H,10-11H2,1-9H3/t13-/m0/s1. The summed E-state index contributed by atoms with van der Waals surface area (Å²) in [5.41, 5.74) is -3.65. The Morgan fingerprint density at radius 3 is 1.81 bits per heavy atom. The highest BCUT2D eigenvalue weighted by molar-refractivity contribution is 5.92. The van der Waals surface area contributed by atoms with Crippen LogP contribution in [0.2, 0.25) is 0 Å². The van der Waals surface area contributed by atoms with Gasteiger partial charge in [0, 0.05) is 7.05 Å². The van der Waals surface area contributed by atoms with Gasteiger partial charge in [-0.25, -0.2) is 14.0 Å². The molecule has 0 saturated carbocycles. The second kappa shape index (κ2) is 7.64. The summed E-state index contributed by atoms with van der Waals surface area (Å²) < 4.78 is 25.6. The lowest BCUT2D eigenvalue weighted by atomic mass is 9.93. The fourth-order valence-electron chi connectivity index (χ4n) is 2.83. The number of carbonyl (C=O) groups is 3. The van der Waals surface area contributed by atoms with Crippen LogP contribution in [-0.2, 0) is 19.1 Å². The average Bonchev–Trinajstić information content (AvgIpc) is 2.38. The number of likely N-dealkylation sites (tertiary alicyclic amines) is 1. The third-order valence-corrected chi connectivity index (χ3v) is 3.94. The lowest BCUT2D eigenvalue weighted by molar-refractivity contribution is -0.172. The molecule has 1 atom stereocenters. The van der Waals surface area contributed by atoms with Crippen LogP contribution in [0.15, 0.2) is 0 Å². The smallest absolute Gasteiger partial charge is 0.410 e. The van der Waals surface area contributed by atoms with Gasteiger partial charge in [-0.1, -0.05) is 13.8 Å². The highest BCUT2D eigenvalue weighted by Crippen LogP contribution is 2.30. The normalized spacial score (nSPS) is 17.8. The molecule has 1 saturated heterocycles. The van der Waals surface area contributed by atoms with Gasteiger partial charge in [0.1, 0.15) is 17.2 Å². The van der Waals surface area contributed by atoms with Gasteiger partial charge < -0.3 is 19.3 Å². The van der Waals surface area contributed by atoms with Gasteiger partial charge in [0.15, 0.2) is 0 Å². The molecule has 1 aliphatic rings. The van der Waals surface area contributed by atoms with Crippen molar-refractivity contribution in [2.24, 2.45) is 5.92 Å². The maximum atomic E-state index is 15.0. The summed E-state index contributed by atoms with van der Waals surface area (Å²) in [6.45, 7) is 13.0. The molecule has 0 aliphatic carbocycles. The first kappa shape index (κ1) is 23.2. The quantitative estimate of drug-likeness (QED) is 0.692. The number of hydrogen-bond acceptors (Lipinski definition) is 5. The summed E-state index contributed by atoms with van der Waals surface area (Å²) in [6.07, 6.45) is -0.668. The van der Waals surface area contributed by atoms with Gasteiger partial charge in [-0.3, -0.25) is 4.79 Å². The van der Waals surface area contributed by atoms with E-state index in [1.54, 1.807) is 55.4 Å². The van der Waals surface area contributed by atoms with Crippen LogP contribution in [-0.4, -0.2) is 70.8 Å². The predicted octanol–water partition coefficient (Wildman–Crippen LogP) is 2.77. The number of nitrogens with zero attached hydrogens (tertiary/aromatic N) is 2. The summed E-state index contributed by atoms with van der Waals surface area (Å²) >= 11 is 0. The summed E-state index contributed by atoms with van der Waals surface area (Å²) in [5, 5.41) is 0. The molecule has 0 bridgehead atoms. The minimum absolute atomic E-state index is 0.264. The molecule has 1 aliphatic heterocycles. The molecule has 7 nitrogen and oxygen atoms in total. The number of carbonyl (C=O) groups excluding carboxylic acids is 3. The average molecular weight is 388 g/mol. The number of halogens is 1. The van der Waals surface area contributed by atoms with Crippen LogP contribution in [0.4, 0.5) is 9.18 Å². The third kappa shape index (κ3) is 6.07. The highest BCUT2D eigenvalue weighted by Gasteiger charge is 2.55. The van der Waals surface area contributed by atoms with E-state index >= 15 is 4.39 Å². The Labute approximate surface area is 161 Å². The van der Waals surface area contributed by atoms with Gasteiger partial charge in [-0.2, -0.15) is 0 Å². The minimum atomic E-state index is -2.24. The van der Waals surface area contributed by atoms with Crippen LogP contribution in [0.3, 0.4) is 0 Å². The number of amides is 2. The molecule has 8 heteroatoms. The monoisotopic (exact) mass is 388 g/mol. The van der Waals surface area contributed by atoms with Crippen LogP contribution in [0.25, 0.3) is 0 Å². The Morgan fingerprint density at radius 1 is 1.00 bits per heavy atom. The van der Waals surface area contributed by atoms with Crippen molar-refractivity contribution >= 4 is 18.0 Å². The largest absolute Gasteiger partial charge is 0.458 e. The van der Waals surface area contributed by atoms with E-state index in [2.05, 4.69) is 0 Å². The number of rotatable bonds is 4. The van der Waals surface area contributed by atoms with Crippen molar-refractivity contribution in [2.75, 3.05) is 20.1 Å². The molecular formula is C19H33FN2O5. The summed E-state index contributed by atoms with van der Waals surface area (Å²) in [7, 11) is 1.38. The molecule has 156 valence electrons.